The highest BCUT2D eigenvalue weighted by Crippen LogP contribution is 2.26. The predicted molar refractivity (Wildman–Crippen MR) is 102 cm³/mol. The van der Waals surface area contributed by atoms with Crippen LogP contribution in [0.2, 0.25) is 0 Å². The van der Waals surface area contributed by atoms with E-state index in [1.54, 1.807) is 0 Å². The number of nitrogens with zero attached hydrogens (tertiary/aromatic N) is 4. The van der Waals surface area contributed by atoms with Crippen LogP contribution in [0.25, 0.3) is 11.3 Å². The normalized spacial score (nSPS) is 11.2. The molecule has 0 aliphatic rings. The first-order valence-corrected chi connectivity index (χ1v) is 8.85. The van der Waals surface area contributed by atoms with Gasteiger partial charge in [-0.05, 0) is 11.6 Å². The van der Waals surface area contributed by atoms with Gasteiger partial charge < -0.3 is 4.74 Å². The van der Waals surface area contributed by atoms with Crippen LogP contribution >= 0.6 is 15.9 Å². The molecule has 2 aromatic heterocycles. The number of carbonyl (C=O) groups excluding carboxylic acids is 1. The van der Waals surface area contributed by atoms with Crippen molar-refractivity contribution in [3.8, 4) is 17.1 Å². The van der Waals surface area contributed by atoms with Crippen molar-refractivity contribution in [1.29, 1.82) is 0 Å². The SMILES string of the molecule is NN(C(=O)C(F)(F)Br)c1cnc(-c2cnc(OCc3ccccc3)c(F)c2)cn1. The Hall–Kier alpha value is -3.05. The van der Waals surface area contributed by atoms with Gasteiger partial charge in [0.25, 0.3) is 5.88 Å². The summed E-state index contributed by atoms with van der Waals surface area (Å²) in [5, 5.41) is 0.158. The molecular weight excluding hydrogens is 455 g/mol. The average molecular weight is 468 g/mol. The highest BCUT2D eigenvalue weighted by molar-refractivity contribution is 9.10. The number of ether oxygens (including phenoxy) is 1. The monoisotopic (exact) mass is 467 g/mol. The van der Waals surface area contributed by atoms with E-state index in [0.717, 1.165) is 24.0 Å². The van der Waals surface area contributed by atoms with Crippen LogP contribution in [0, 0.1) is 5.82 Å². The fourth-order valence-corrected chi connectivity index (χ4v) is 2.42. The maximum Gasteiger partial charge on any atom is 0.379 e. The molecule has 0 saturated carbocycles. The van der Waals surface area contributed by atoms with Gasteiger partial charge >= 0.3 is 10.7 Å². The molecule has 29 heavy (non-hydrogen) atoms. The summed E-state index contributed by atoms with van der Waals surface area (Å²) >= 11 is 1.92. The largest absolute Gasteiger partial charge is 0.471 e. The van der Waals surface area contributed by atoms with Crippen molar-refractivity contribution in [2.45, 2.75) is 11.4 Å². The van der Waals surface area contributed by atoms with Gasteiger partial charge in [0, 0.05) is 27.7 Å². The number of amides is 1. The summed E-state index contributed by atoms with van der Waals surface area (Å²) in [4.78, 5) is 19.3. The van der Waals surface area contributed by atoms with Crippen LogP contribution in [-0.2, 0) is 11.4 Å². The fourth-order valence-electron chi connectivity index (χ4n) is 2.23. The first-order chi connectivity index (χ1) is 13.8. The third kappa shape index (κ3) is 5.06. The Morgan fingerprint density at radius 1 is 1.14 bits per heavy atom. The second-order valence-corrected chi connectivity index (χ2v) is 6.71. The summed E-state index contributed by atoms with van der Waals surface area (Å²) in [5.41, 5.74) is 1.32. The van der Waals surface area contributed by atoms with Gasteiger partial charge in [-0.25, -0.2) is 25.2 Å². The van der Waals surface area contributed by atoms with Crippen LogP contribution in [0.1, 0.15) is 5.56 Å². The number of benzene rings is 1. The number of hydrogen-bond donors (Lipinski definition) is 1. The summed E-state index contributed by atoms with van der Waals surface area (Å²) in [6.45, 7) is 0.150. The molecule has 1 aromatic carbocycles. The standard InChI is InChI=1S/C18H13BrF3N5O2/c19-18(21,22)17(28)27(23)15-9-24-14(8-25-15)12-6-13(20)16(26-7-12)29-10-11-4-2-1-3-5-11/h1-9H,10,23H2. The molecule has 11 heteroatoms. The number of rotatable bonds is 6. The van der Waals surface area contributed by atoms with Crippen LogP contribution in [0.3, 0.4) is 0 Å². The number of hydrazine groups is 1. The van der Waals surface area contributed by atoms with Crippen LogP contribution in [0.4, 0.5) is 19.0 Å². The molecule has 0 bridgehead atoms. The molecule has 150 valence electrons. The quantitative estimate of drug-likeness (QED) is 0.258. The van der Waals surface area contributed by atoms with E-state index in [1.165, 1.54) is 6.20 Å². The maximum atomic E-state index is 14.3. The number of nitrogens with two attached hydrogens (primary N) is 1. The number of aromatic nitrogens is 3. The van der Waals surface area contributed by atoms with E-state index in [9.17, 15) is 18.0 Å². The number of anilines is 1. The Balaban J connectivity index is 1.72. The molecule has 0 radical (unpaired) electrons. The second kappa shape index (κ2) is 8.53. The van der Waals surface area contributed by atoms with E-state index in [-0.39, 0.29) is 34.6 Å². The van der Waals surface area contributed by atoms with Gasteiger partial charge in [-0.3, -0.25) is 9.78 Å². The summed E-state index contributed by atoms with van der Waals surface area (Å²) < 4.78 is 45.6. The van der Waals surface area contributed by atoms with E-state index in [4.69, 9.17) is 10.6 Å². The van der Waals surface area contributed by atoms with Crippen molar-refractivity contribution < 1.29 is 22.7 Å². The Bertz CT molecular complexity index is 1000. The molecule has 0 fully saturated rings. The van der Waals surface area contributed by atoms with Crippen molar-refractivity contribution in [1.82, 2.24) is 15.0 Å². The first kappa shape index (κ1) is 20.7. The van der Waals surface area contributed by atoms with Crippen LogP contribution in [-0.4, -0.2) is 25.7 Å². The van der Waals surface area contributed by atoms with Gasteiger partial charge in [0.05, 0.1) is 18.1 Å². The lowest BCUT2D eigenvalue weighted by molar-refractivity contribution is -0.131. The molecule has 2 heterocycles. The lowest BCUT2D eigenvalue weighted by Gasteiger charge is -2.17. The zero-order valence-electron chi connectivity index (χ0n) is 14.6. The second-order valence-electron chi connectivity index (χ2n) is 5.72. The van der Waals surface area contributed by atoms with Crippen molar-refractivity contribution in [2.75, 3.05) is 5.01 Å². The van der Waals surface area contributed by atoms with E-state index in [0.29, 0.717) is 0 Å². The lowest BCUT2D eigenvalue weighted by atomic mass is 10.2. The summed E-state index contributed by atoms with van der Waals surface area (Å²) in [6.07, 6.45) is 3.48. The molecule has 0 aliphatic carbocycles. The number of halogens is 4. The Morgan fingerprint density at radius 3 is 2.45 bits per heavy atom. The van der Waals surface area contributed by atoms with Gasteiger partial charge in [-0.2, -0.15) is 8.78 Å². The minimum absolute atomic E-state index is 0.150. The van der Waals surface area contributed by atoms with E-state index in [1.807, 2.05) is 46.3 Å². The van der Waals surface area contributed by atoms with Gasteiger partial charge in [0.1, 0.15) is 6.61 Å². The predicted octanol–water partition coefficient (Wildman–Crippen LogP) is 3.45. The summed E-state index contributed by atoms with van der Waals surface area (Å²) in [5.74, 6) is 2.41. The highest BCUT2D eigenvalue weighted by Gasteiger charge is 2.39. The van der Waals surface area contributed by atoms with E-state index in [2.05, 4.69) is 15.0 Å². The maximum absolute atomic E-state index is 14.3. The summed E-state index contributed by atoms with van der Waals surface area (Å²) in [6, 6.07) is 10.3. The van der Waals surface area contributed by atoms with Crippen molar-refractivity contribution in [3.63, 3.8) is 0 Å². The van der Waals surface area contributed by atoms with E-state index < -0.39 is 16.6 Å². The minimum Gasteiger partial charge on any atom is -0.471 e. The Labute approximate surface area is 171 Å². The smallest absolute Gasteiger partial charge is 0.379 e. The summed E-state index contributed by atoms with van der Waals surface area (Å²) in [7, 11) is 0. The van der Waals surface area contributed by atoms with Gasteiger partial charge in [0.15, 0.2) is 11.6 Å². The molecule has 1 amide bonds. The Kier molecular flexibility index (Phi) is 6.09. The van der Waals surface area contributed by atoms with Crippen molar-refractivity contribution in [3.05, 3.63) is 66.4 Å². The highest BCUT2D eigenvalue weighted by atomic mass is 79.9. The zero-order chi connectivity index (χ0) is 21.0. The number of alkyl halides is 3. The molecule has 3 rings (SSSR count). The third-order valence-corrected chi connectivity index (χ3v) is 4.01. The van der Waals surface area contributed by atoms with Crippen molar-refractivity contribution in [2.24, 2.45) is 5.84 Å². The topological polar surface area (TPSA) is 94.2 Å². The molecule has 3 aromatic rings. The molecular formula is C18H13BrF3N5O2. The molecule has 0 saturated heterocycles. The van der Waals surface area contributed by atoms with E-state index >= 15 is 0 Å². The third-order valence-electron chi connectivity index (χ3n) is 3.67. The average Bonchev–Trinajstić information content (AvgIpc) is 2.72. The number of hydrogen-bond acceptors (Lipinski definition) is 6. The van der Waals surface area contributed by atoms with Gasteiger partial charge in [-0.15, -0.1) is 0 Å². The lowest BCUT2D eigenvalue weighted by Crippen LogP contribution is -2.45. The zero-order valence-corrected chi connectivity index (χ0v) is 16.2. The van der Waals surface area contributed by atoms with Gasteiger partial charge in [-0.1, -0.05) is 30.3 Å². The molecule has 2 N–H and O–H groups in total. The van der Waals surface area contributed by atoms with Crippen LogP contribution < -0.4 is 15.6 Å². The molecule has 0 spiro atoms. The van der Waals surface area contributed by atoms with Crippen LogP contribution in [0.15, 0.2) is 55.0 Å². The Morgan fingerprint density at radius 2 is 1.86 bits per heavy atom. The number of pyridine rings is 1. The minimum atomic E-state index is -3.84. The molecule has 0 aliphatic heterocycles. The van der Waals surface area contributed by atoms with Crippen molar-refractivity contribution >= 4 is 27.7 Å². The molecule has 0 unspecified atom stereocenters. The fraction of sp³-hybridized carbons (Fsp3) is 0.111. The van der Waals surface area contributed by atoms with Gasteiger partial charge in [0.2, 0.25) is 0 Å². The molecule has 0 atom stereocenters. The number of carbonyl (C=O) groups is 1. The van der Waals surface area contributed by atoms with Crippen LogP contribution in [0.5, 0.6) is 5.88 Å². The first-order valence-electron chi connectivity index (χ1n) is 8.06. The molecule has 7 nitrogen and oxygen atoms in total.